The van der Waals surface area contributed by atoms with E-state index in [9.17, 15) is 4.79 Å². The molecular weight excluding hydrogens is 228 g/mol. The summed E-state index contributed by atoms with van der Waals surface area (Å²) in [6, 6.07) is 7.39. The zero-order valence-corrected chi connectivity index (χ0v) is 9.43. The Kier molecular flexibility index (Phi) is 3.05. The van der Waals surface area contributed by atoms with Gasteiger partial charge in [0.2, 0.25) is 0 Å². The molecule has 1 aromatic carbocycles. The monoisotopic (exact) mass is 238 g/mol. The number of rotatable bonds is 3. The fourth-order valence-electron chi connectivity index (χ4n) is 1.58. The average Bonchev–Trinajstić information content (AvgIpc) is 2.76. The van der Waals surface area contributed by atoms with Crippen LogP contribution in [0, 0.1) is 0 Å². The van der Waals surface area contributed by atoms with Crippen LogP contribution in [0.1, 0.15) is 18.5 Å². The molecule has 0 saturated heterocycles. The molecule has 0 radical (unpaired) electrons. The molecule has 0 bridgehead atoms. The normalized spacial score (nSPS) is 20.6. The Morgan fingerprint density at radius 1 is 1.62 bits per heavy atom. The lowest BCUT2D eigenvalue weighted by Crippen LogP contribution is -2.37. The molecule has 2 atom stereocenters. The largest absolute Gasteiger partial charge is 0.299 e. The Labute approximate surface area is 98.0 Å². The molecule has 0 amide bonds. The maximum atomic E-state index is 10.8. The number of halogens is 1. The van der Waals surface area contributed by atoms with Crippen molar-refractivity contribution in [3.05, 3.63) is 34.9 Å². The summed E-state index contributed by atoms with van der Waals surface area (Å²) in [7, 11) is 0. The Morgan fingerprint density at radius 2 is 2.44 bits per heavy atom. The zero-order chi connectivity index (χ0) is 11.5. The number of carbonyl (C=O) groups is 1. The number of hydrogen-bond acceptors (Lipinski definition) is 5. The molecule has 0 spiro atoms. The van der Waals surface area contributed by atoms with Gasteiger partial charge in [-0.2, -0.15) is 0 Å². The predicted molar refractivity (Wildman–Crippen MR) is 59.5 cm³/mol. The van der Waals surface area contributed by atoms with Crippen molar-refractivity contribution in [1.82, 2.24) is 10.4 Å². The van der Waals surface area contributed by atoms with Crippen molar-refractivity contribution in [2.45, 2.75) is 19.1 Å². The van der Waals surface area contributed by atoms with E-state index in [1.54, 1.807) is 11.1 Å². The molecule has 0 saturated carbocycles. The number of nitrogens with one attached hydrogen (secondary N) is 1. The highest BCUT2D eigenvalue weighted by Crippen LogP contribution is 2.25. The smallest absolute Gasteiger partial charge is 0.190 e. The summed E-state index contributed by atoms with van der Waals surface area (Å²) in [6.07, 6.45) is 0.259. The molecule has 0 fully saturated rings. The standard InChI is InChI=1S/C10H11ClN4O/c1-7(8-3-2-4-9(11)5-8)15-10(6-16)12-13-14-15/h2-7,10H,1H3,(H,12,14). The molecule has 1 aliphatic rings. The summed E-state index contributed by atoms with van der Waals surface area (Å²) < 4.78 is 0. The second-order valence-electron chi connectivity index (χ2n) is 3.51. The second-order valence-corrected chi connectivity index (χ2v) is 3.95. The topological polar surface area (TPSA) is 57.1 Å². The van der Waals surface area contributed by atoms with Crippen LogP contribution in [0.15, 0.2) is 34.7 Å². The van der Waals surface area contributed by atoms with Crippen molar-refractivity contribution in [1.29, 1.82) is 0 Å². The average molecular weight is 239 g/mol. The van der Waals surface area contributed by atoms with Crippen LogP contribution < -0.4 is 5.43 Å². The van der Waals surface area contributed by atoms with Gasteiger partial charge in [0.15, 0.2) is 12.5 Å². The second kappa shape index (κ2) is 4.49. The molecule has 2 rings (SSSR count). The van der Waals surface area contributed by atoms with E-state index in [1.807, 2.05) is 25.1 Å². The summed E-state index contributed by atoms with van der Waals surface area (Å²) in [5.74, 6) is 0. The fourth-order valence-corrected chi connectivity index (χ4v) is 1.78. The van der Waals surface area contributed by atoms with Gasteiger partial charge in [0.1, 0.15) is 0 Å². The van der Waals surface area contributed by atoms with Crippen LogP contribution in [-0.4, -0.2) is 17.5 Å². The number of carbonyl (C=O) groups excluding carboxylic acids is 1. The molecule has 6 heteroatoms. The third kappa shape index (κ3) is 1.99. The van der Waals surface area contributed by atoms with Gasteiger partial charge >= 0.3 is 0 Å². The molecule has 0 aliphatic carbocycles. The van der Waals surface area contributed by atoms with Crippen molar-refractivity contribution < 1.29 is 4.79 Å². The van der Waals surface area contributed by atoms with E-state index >= 15 is 0 Å². The highest BCUT2D eigenvalue weighted by Gasteiger charge is 2.26. The predicted octanol–water partition coefficient (Wildman–Crippen LogP) is 2.11. The summed E-state index contributed by atoms with van der Waals surface area (Å²) in [5.41, 5.74) is 3.59. The Morgan fingerprint density at radius 3 is 3.12 bits per heavy atom. The molecular formula is C10H11ClN4O. The summed E-state index contributed by atoms with van der Waals surface area (Å²) in [5, 5.41) is 9.75. The van der Waals surface area contributed by atoms with Gasteiger partial charge < -0.3 is 0 Å². The van der Waals surface area contributed by atoms with Crippen LogP contribution in [0.5, 0.6) is 0 Å². The van der Waals surface area contributed by atoms with Gasteiger partial charge in [-0.1, -0.05) is 34.2 Å². The van der Waals surface area contributed by atoms with E-state index in [4.69, 9.17) is 11.6 Å². The first-order chi connectivity index (χ1) is 7.72. The van der Waals surface area contributed by atoms with Gasteiger partial charge in [-0.3, -0.25) is 10.2 Å². The van der Waals surface area contributed by atoms with Gasteiger partial charge in [0, 0.05) is 5.02 Å². The number of nitrogens with zero attached hydrogens (tertiary/aromatic N) is 3. The van der Waals surface area contributed by atoms with Crippen LogP contribution in [0.2, 0.25) is 5.02 Å². The van der Waals surface area contributed by atoms with E-state index in [2.05, 4.69) is 15.9 Å². The van der Waals surface area contributed by atoms with Crippen LogP contribution in [-0.2, 0) is 4.79 Å². The SMILES string of the molecule is CC(c1cccc(Cl)c1)N1N=NNC1C=O. The maximum Gasteiger partial charge on any atom is 0.190 e. The van der Waals surface area contributed by atoms with E-state index in [1.165, 1.54) is 0 Å². The van der Waals surface area contributed by atoms with Gasteiger partial charge in [-0.15, -0.1) is 0 Å². The summed E-state index contributed by atoms with van der Waals surface area (Å²) in [4.78, 5) is 10.8. The number of aldehydes is 1. The lowest BCUT2D eigenvalue weighted by atomic mass is 10.1. The van der Waals surface area contributed by atoms with Crippen LogP contribution in [0.3, 0.4) is 0 Å². The molecule has 1 aromatic rings. The van der Waals surface area contributed by atoms with Crippen molar-refractivity contribution in [2.24, 2.45) is 10.4 Å². The van der Waals surface area contributed by atoms with Gasteiger partial charge in [0.25, 0.3) is 0 Å². The van der Waals surface area contributed by atoms with Crippen LogP contribution in [0.4, 0.5) is 0 Å². The molecule has 1 N–H and O–H groups in total. The Bertz CT molecular complexity index is 423. The summed E-state index contributed by atoms with van der Waals surface area (Å²) in [6.45, 7) is 1.94. The molecule has 84 valence electrons. The molecule has 1 aliphatic heterocycles. The van der Waals surface area contributed by atoms with Crippen molar-refractivity contribution in [2.75, 3.05) is 0 Å². The Balaban J connectivity index is 2.21. The van der Waals surface area contributed by atoms with Gasteiger partial charge in [-0.25, -0.2) is 5.01 Å². The minimum atomic E-state index is -0.506. The molecule has 16 heavy (non-hydrogen) atoms. The molecule has 5 nitrogen and oxygen atoms in total. The molecule has 0 aromatic heterocycles. The minimum Gasteiger partial charge on any atom is -0.299 e. The van der Waals surface area contributed by atoms with E-state index in [-0.39, 0.29) is 6.04 Å². The molecule has 2 unspecified atom stereocenters. The third-order valence-electron chi connectivity index (χ3n) is 2.48. The van der Waals surface area contributed by atoms with E-state index < -0.39 is 6.17 Å². The third-order valence-corrected chi connectivity index (χ3v) is 2.71. The Hall–Kier alpha value is -1.62. The maximum absolute atomic E-state index is 10.8. The highest BCUT2D eigenvalue weighted by atomic mass is 35.5. The lowest BCUT2D eigenvalue weighted by Gasteiger charge is -2.24. The highest BCUT2D eigenvalue weighted by molar-refractivity contribution is 6.30. The van der Waals surface area contributed by atoms with Gasteiger partial charge in [-0.05, 0) is 24.6 Å². The summed E-state index contributed by atoms with van der Waals surface area (Å²) >= 11 is 5.91. The van der Waals surface area contributed by atoms with Crippen LogP contribution >= 0.6 is 11.6 Å². The first-order valence-corrected chi connectivity index (χ1v) is 5.25. The number of benzene rings is 1. The van der Waals surface area contributed by atoms with Crippen molar-refractivity contribution in [3.63, 3.8) is 0 Å². The first-order valence-electron chi connectivity index (χ1n) is 4.87. The van der Waals surface area contributed by atoms with E-state index in [0.717, 1.165) is 11.8 Å². The van der Waals surface area contributed by atoms with E-state index in [0.29, 0.717) is 5.02 Å². The van der Waals surface area contributed by atoms with Gasteiger partial charge in [0.05, 0.1) is 6.04 Å². The molecule has 1 heterocycles. The van der Waals surface area contributed by atoms with Crippen LogP contribution in [0.25, 0.3) is 0 Å². The van der Waals surface area contributed by atoms with Crippen molar-refractivity contribution >= 4 is 17.9 Å². The fraction of sp³-hybridized carbons (Fsp3) is 0.300. The number of hydrogen-bond donors (Lipinski definition) is 1. The quantitative estimate of drug-likeness (QED) is 0.821. The minimum absolute atomic E-state index is 0.0624. The first kappa shape index (κ1) is 10.9. The zero-order valence-electron chi connectivity index (χ0n) is 8.67. The lowest BCUT2D eigenvalue weighted by molar-refractivity contribution is -0.113. The van der Waals surface area contributed by atoms with Crippen molar-refractivity contribution in [3.8, 4) is 0 Å².